The molecule has 0 radical (unpaired) electrons. The normalized spacial score (nSPS) is 15.7. The Morgan fingerprint density at radius 1 is 0.915 bits per heavy atom. The molecule has 0 aliphatic carbocycles. The Morgan fingerprint density at radius 3 is 2.20 bits per heavy atom. The Hall–Kier alpha value is -5.67. The molecule has 3 atom stereocenters. The molecule has 13 nitrogen and oxygen atoms in total. The van der Waals surface area contributed by atoms with Crippen molar-refractivity contribution in [1.29, 1.82) is 0 Å². The maximum Gasteiger partial charge on any atom is 0.255 e. The Balaban J connectivity index is 0.999. The van der Waals surface area contributed by atoms with Gasteiger partial charge in [0, 0.05) is 43.6 Å². The molecule has 5 rings (SSSR count). The fraction of sp³-hybridized carbons (Fsp3) is 0.409. The topological polar surface area (TPSA) is 196 Å². The number of unbranched alkanes of at least 4 members (excludes halogenated alkanes) is 4. The zero-order chi connectivity index (χ0) is 42.7. The fourth-order valence-electron chi connectivity index (χ4n) is 6.89. The molecule has 7 N–H and O–H groups in total. The number of nitrogens with one attached hydrogen (secondary N) is 4. The van der Waals surface area contributed by atoms with Crippen molar-refractivity contribution in [3.63, 3.8) is 0 Å². The lowest BCUT2D eigenvalue weighted by Crippen LogP contribution is -2.57. The molecule has 3 aromatic carbocycles. The third kappa shape index (κ3) is 12.7. The second kappa shape index (κ2) is 20.3. The van der Waals surface area contributed by atoms with Gasteiger partial charge in [-0.25, -0.2) is 9.37 Å². The van der Waals surface area contributed by atoms with E-state index in [1.807, 2.05) is 57.5 Å². The van der Waals surface area contributed by atoms with E-state index in [0.717, 1.165) is 47.0 Å². The number of benzene rings is 3. The van der Waals surface area contributed by atoms with Gasteiger partial charge in [-0.05, 0) is 78.8 Å². The molecule has 5 amide bonds. The number of aliphatic hydroxyl groups is 1. The average Bonchev–Trinajstić information content (AvgIpc) is 3.81. The molecule has 2 heterocycles. The van der Waals surface area contributed by atoms with Crippen LogP contribution in [0.3, 0.4) is 0 Å². The zero-order valence-electron chi connectivity index (χ0n) is 34.0. The van der Waals surface area contributed by atoms with Crippen molar-refractivity contribution in [2.75, 3.05) is 22.9 Å². The van der Waals surface area contributed by atoms with Crippen LogP contribution in [0.15, 0.2) is 72.2 Å². The monoisotopic (exact) mass is 827 g/mol. The minimum absolute atomic E-state index is 0.00158. The van der Waals surface area contributed by atoms with E-state index in [-0.39, 0.29) is 49.3 Å². The predicted octanol–water partition coefficient (Wildman–Crippen LogP) is 6.57. The van der Waals surface area contributed by atoms with Gasteiger partial charge in [-0.15, -0.1) is 11.3 Å². The lowest BCUT2D eigenvalue weighted by molar-refractivity contribution is -0.144. The Morgan fingerprint density at radius 2 is 1.58 bits per heavy atom. The number of carbonyl (C=O) groups is 5. The van der Waals surface area contributed by atoms with Gasteiger partial charge in [0.15, 0.2) is 0 Å². The molecule has 1 aliphatic rings. The number of nitrogens with zero attached hydrogens (tertiary/aromatic N) is 2. The van der Waals surface area contributed by atoms with Gasteiger partial charge < -0.3 is 37.0 Å². The van der Waals surface area contributed by atoms with E-state index in [0.29, 0.717) is 36.2 Å². The number of hydrogen-bond acceptors (Lipinski definition) is 9. The Labute approximate surface area is 348 Å². The number of halogens is 1. The van der Waals surface area contributed by atoms with Crippen LogP contribution in [0.2, 0.25) is 0 Å². The first-order valence-corrected chi connectivity index (χ1v) is 20.8. The number of aryl methyl sites for hydroxylation is 1. The van der Waals surface area contributed by atoms with E-state index in [9.17, 15) is 33.5 Å². The minimum atomic E-state index is -0.897. The van der Waals surface area contributed by atoms with Crippen molar-refractivity contribution in [1.82, 2.24) is 20.5 Å². The number of nitrogen functional groups attached to an aromatic ring is 1. The third-order valence-electron chi connectivity index (χ3n) is 10.2. The molecule has 0 spiro atoms. The quantitative estimate of drug-likeness (QED) is 0.0508. The van der Waals surface area contributed by atoms with Gasteiger partial charge in [-0.1, -0.05) is 64.3 Å². The summed E-state index contributed by atoms with van der Waals surface area (Å²) in [6.45, 7) is 7.79. The summed E-state index contributed by atoms with van der Waals surface area (Å²) in [5.74, 6) is -2.11. The highest BCUT2D eigenvalue weighted by atomic mass is 32.1. The number of β-amino-alcohol motifs (C(OH)–C–C–N with tert-alkyl or cyclic N) is 1. The van der Waals surface area contributed by atoms with Crippen LogP contribution in [0.5, 0.6) is 0 Å². The van der Waals surface area contributed by atoms with Gasteiger partial charge in [-0.3, -0.25) is 24.0 Å². The standard InChI is InChI=1S/C44H54FN7O6S/c1-27-39(59-26-48-27)29-14-12-28(13-15-29)24-47-42(57)36-23-33(53)25-52(36)43(58)40(44(2,3)4)51-38(55)11-9-7-5-6-8-10-37(54)49-32-19-16-30(17-20-32)41(56)50-35-21-18-31(45)22-34(35)46/h12-22,26,33,36,40,53H,5-11,23-25,46H2,1-4H3,(H,47,57)(H,49,54)(H,50,56)(H,51,55)/t33-,36+,40-/m1/s1. The van der Waals surface area contributed by atoms with Gasteiger partial charge in [0.1, 0.15) is 17.9 Å². The smallest absolute Gasteiger partial charge is 0.255 e. The molecule has 1 saturated heterocycles. The fourth-order valence-corrected chi connectivity index (χ4v) is 7.70. The summed E-state index contributed by atoms with van der Waals surface area (Å²) >= 11 is 1.57. The van der Waals surface area contributed by atoms with E-state index < -0.39 is 41.2 Å². The average molecular weight is 828 g/mol. The molecule has 0 unspecified atom stereocenters. The molecule has 1 aromatic heterocycles. The van der Waals surface area contributed by atoms with Crippen molar-refractivity contribution < 1.29 is 33.5 Å². The first-order valence-electron chi connectivity index (χ1n) is 19.9. The molecule has 59 heavy (non-hydrogen) atoms. The Kier molecular flexibility index (Phi) is 15.3. The predicted molar refractivity (Wildman–Crippen MR) is 228 cm³/mol. The van der Waals surface area contributed by atoms with Crippen LogP contribution in [0.4, 0.5) is 21.5 Å². The van der Waals surface area contributed by atoms with Crippen LogP contribution in [0, 0.1) is 18.2 Å². The van der Waals surface area contributed by atoms with Crippen molar-refractivity contribution in [2.24, 2.45) is 5.41 Å². The number of likely N-dealkylation sites (tertiary alicyclic amines) is 1. The lowest BCUT2D eigenvalue weighted by atomic mass is 9.85. The molecule has 15 heteroatoms. The molecule has 0 saturated carbocycles. The van der Waals surface area contributed by atoms with E-state index in [4.69, 9.17) is 5.73 Å². The number of hydrogen-bond donors (Lipinski definition) is 6. The van der Waals surface area contributed by atoms with Crippen LogP contribution >= 0.6 is 11.3 Å². The number of amides is 5. The van der Waals surface area contributed by atoms with Crippen LogP contribution in [-0.2, 0) is 25.7 Å². The summed E-state index contributed by atoms with van der Waals surface area (Å²) in [5.41, 5.74) is 11.1. The Bertz CT molecular complexity index is 2100. The van der Waals surface area contributed by atoms with Crippen LogP contribution < -0.4 is 27.0 Å². The molecular weight excluding hydrogens is 774 g/mol. The lowest BCUT2D eigenvalue weighted by Gasteiger charge is -2.35. The largest absolute Gasteiger partial charge is 0.397 e. The van der Waals surface area contributed by atoms with Crippen molar-refractivity contribution in [3.05, 3.63) is 94.9 Å². The van der Waals surface area contributed by atoms with Crippen molar-refractivity contribution in [3.8, 4) is 10.4 Å². The van der Waals surface area contributed by atoms with E-state index in [1.54, 1.807) is 35.6 Å². The third-order valence-corrected chi connectivity index (χ3v) is 11.2. The number of aromatic nitrogens is 1. The van der Waals surface area contributed by atoms with E-state index in [1.165, 1.54) is 17.0 Å². The SMILES string of the molecule is Cc1ncsc1-c1ccc(CNC(=O)[C@@H]2C[C@@H](O)CN2C(=O)[C@@H](NC(=O)CCCCCCCC(=O)Nc2ccc(C(=O)Nc3ccc(F)cc3N)cc2)C(C)(C)C)cc1. The molecule has 4 aromatic rings. The van der Waals surface area contributed by atoms with Gasteiger partial charge in [0.05, 0.1) is 33.6 Å². The first-order chi connectivity index (χ1) is 28.1. The number of aliphatic hydroxyl groups excluding tert-OH is 1. The van der Waals surface area contributed by atoms with Crippen molar-refractivity contribution in [2.45, 2.75) is 104 Å². The second-order valence-electron chi connectivity index (χ2n) is 16.0. The summed E-state index contributed by atoms with van der Waals surface area (Å²) in [5, 5.41) is 21.8. The van der Waals surface area contributed by atoms with E-state index >= 15 is 0 Å². The summed E-state index contributed by atoms with van der Waals surface area (Å²) in [7, 11) is 0. The number of anilines is 3. The minimum Gasteiger partial charge on any atom is -0.397 e. The van der Waals surface area contributed by atoms with Gasteiger partial charge in [0.25, 0.3) is 5.91 Å². The number of rotatable bonds is 17. The molecule has 0 bridgehead atoms. The molecule has 314 valence electrons. The molecule has 1 fully saturated rings. The van der Waals surface area contributed by atoms with Gasteiger partial charge >= 0.3 is 0 Å². The maximum atomic E-state index is 13.9. The van der Waals surface area contributed by atoms with Crippen LogP contribution in [0.25, 0.3) is 10.4 Å². The highest BCUT2D eigenvalue weighted by molar-refractivity contribution is 7.13. The maximum absolute atomic E-state index is 13.9. The van der Waals surface area contributed by atoms with Crippen LogP contribution in [-0.4, -0.2) is 69.3 Å². The van der Waals surface area contributed by atoms with Gasteiger partial charge in [0.2, 0.25) is 23.6 Å². The summed E-state index contributed by atoms with van der Waals surface area (Å²) in [6.07, 6.45) is 3.44. The second-order valence-corrected chi connectivity index (χ2v) is 16.9. The number of thiazole rings is 1. The highest BCUT2D eigenvalue weighted by Gasteiger charge is 2.44. The molecular formula is C44H54FN7O6S. The van der Waals surface area contributed by atoms with Crippen LogP contribution in [0.1, 0.15) is 93.8 Å². The number of carbonyl (C=O) groups excluding carboxylic acids is 5. The first kappa shape index (κ1) is 44.4. The summed E-state index contributed by atoms with van der Waals surface area (Å²) < 4.78 is 13.3. The highest BCUT2D eigenvalue weighted by Crippen LogP contribution is 2.29. The van der Waals surface area contributed by atoms with E-state index in [2.05, 4.69) is 26.3 Å². The summed E-state index contributed by atoms with van der Waals surface area (Å²) in [4.78, 5) is 72.3. The van der Waals surface area contributed by atoms with Crippen molar-refractivity contribution >= 4 is 57.9 Å². The zero-order valence-corrected chi connectivity index (χ0v) is 34.8. The molecule has 1 aliphatic heterocycles. The van der Waals surface area contributed by atoms with Gasteiger partial charge in [-0.2, -0.15) is 0 Å². The number of nitrogens with two attached hydrogens (primary N) is 1. The summed E-state index contributed by atoms with van der Waals surface area (Å²) in [6, 6.07) is 16.2.